The number of nitrogens with zero attached hydrogens (tertiary/aromatic N) is 3. The normalized spacial score (nSPS) is 17.9. The Morgan fingerprint density at radius 2 is 1.71 bits per heavy atom. The third-order valence-electron chi connectivity index (χ3n) is 5.70. The lowest BCUT2D eigenvalue weighted by molar-refractivity contribution is -0.174. The number of Topliss-reactive ketones (excluding diaryl/α,β-unsaturated/α-hetero) is 1. The molecule has 1 aromatic rings. The van der Waals surface area contributed by atoms with Crippen LogP contribution in [0.25, 0.3) is 0 Å². The van der Waals surface area contributed by atoms with E-state index < -0.39 is 47.9 Å². The Morgan fingerprint density at radius 3 is 2.24 bits per heavy atom. The summed E-state index contributed by atoms with van der Waals surface area (Å²) in [5, 5.41) is 8.96. The van der Waals surface area contributed by atoms with Gasteiger partial charge in [-0.15, -0.1) is 0 Å². The number of aromatic nitrogens is 2. The lowest BCUT2D eigenvalue weighted by Crippen LogP contribution is -2.56. The van der Waals surface area contributed by atoms with Gasteiger partial charge in [-0.3, -0.25) is 14.4 Å². The summed E-state index contributed by atoms with van der Waals surface area (Å²) < 4.78 is 39.9. The highest BCUT2D eigenvalue weighted by atomic mass is 19.4. The molecule has 0 radical (unpaired) electrons. The van der Waals surface area contributed by atoms with Crippen molar-refractivity contribution in [2.75, 3.05) is 6.54 Å². The largest absolute Gasteiger partial charge is 0.452 e. The van der Waals surface area contributed by atoms with Gasteiger partial charge in [0, 0.05) is 12.2 Å². The molecule has 3 atom stereocenters. The first-order chi connectivity index (χ1) is 15.9. The number of carbonyl (C=O) groups excluding carboxylic acids is 4. The number of amides is 3. The minimum atomic E-state index is -5.07. The summed E-state index contributed by atoms with van der Waals surface area (Å²) in [5.74, 6) is -3.31. The van der Waals surface area contributed by atoms with Crippen LogP contribution in [-0.2, 0) is 14.4 Å². The van der Waals surface area contributed by atoms with E-state index in [-0.39, 0.29) is 25.8 Å². The SMILES string of the molecule is CCC[C@H](NC(=O)n1nc(C)cc1C)C(=O)N1CCCC1C(=O)N[C@@H](CCC)C(=O)C(F)(F)F. The van der Waals surface area contributed by atoms with Gasteiger partial charge < -0.3 is 15.5 Å². The fourth-order valence-corrected chi connectivity index (χ4v) is 4.12. The fourth-order valence-electron chi connectivity index (χ4n) is 4.12. The Bertz CT molecular complexity index is 915. The molecular weight excluding hydrogens is 455 g/mol. The lowest BCUT2D eigenvalue weighted by Gasteiger charge is -2.29. The van der Waals surface area contributed by atoms with E-state index >= 15 is 0 Å². The van der Waals surface area contributed by atoms with Crippen LogP contribution >= 0.6 is 0 Å². The molecule has 0 spiro atoms. The van der Waals surface area contributed by atoms with Crippen LogP contribution in [0.4, 0.5) is 18.0 Å². The Morgan fingerprint density at radius 1 is 1.09 bits per heavy atom. The van der Waals surface area contributed by atoms with Crippen molar-refractivity contribution in [1.29, 1.82) is 0 Å². The van der Waals surface area contributed by atoms with Gasteiger partial charge in [0.05, 0.1) is 11.7 Å². The maximum Gasteiger partial charge on any atom is 0.452 e. The van der Waals surface area contributed by atoms with Gasteiger partial charge >= 0.3 is 12.2 Å². The number of ketones is 1. The molecule has 0 aromatic carbocycles. The Labute approximate surface area is 196 Å². The van der Waals surface area contributed by atoms with Gasteiger partial charge in [-0.2, -0.15) is 23.0 Å². The van der Waals surface area contributed by atoms with Crippen molar-refractivity contribution in [2.45, 2.75) is 90.5 Å². The van der Waals surface area contributed by atoms with Gasteiger partial charge in [-0.05, 0) is 45.6 Å². The zero-order valence-corrected chi connectivity index (χ0v) is 19.9. The molecule has 1 aromatic heterocycles. The monoisotopic (exact) mass is 487 g/mol. The third kappa shape index (κ3) is 6.57. The topological polar surface area (TPSA) is 113 Å². The van der Waals surface area contributed by atoms with Crippen molar-refractivity contribution in [2.24, 2.45) is 0 Å². The molecule has 2 heterocycles. The maximum absolute atomic E-state index is 13.3. The molecule has 2 rings (SSSR count). The van der Waals surface area contributed by atoms with Crippen molar-refractivity contribution in [1.82, 2.24) is 25.3 Å². The van der Waals surface area contributed by atoms with Crippen LogP contribution in [0.1, 0.15) is 63.8 Å². The Hall–Kier alpha value is -2.92. The zero-order valence-electron chi connectivity index (χ0n) is 19.9. The first-order valence-corrected chi connectivity index (χ1v) is 11.5. The zero-order chi connectivity index (χ0) is 25.6. The molecular formula is C22H32F3N5O4. The van der Waals surface area contributed by atoms with E-state index in [4.69, 9.17) is 0 Å². The van der Waals surface area contributed by atoms with Crippen molar-refractivity contribution < 1.29 is 32.3 Å². The summed E-state index contributed by atoms with van der Waals surface area (Å²) in [6.07, 6.45) is -3.38. The number of likely N-dealkylation sites (tertiary alicyclic amines) is 1. The number of alkyl halides is 3. The number of hydrogen-bond donors (Lipinski definition) is 2. The quantitative estimate of drug-likeness (QED) is 0.556. The average molecular weight is 488 g/mol. The lowest BCUT2D eigenvalue weighted by atomic mass is 10.1. The Balaban J connectivity index is 2.15. The van der Waals surface area contributed by atoms with Crippen molar-refractivity contribution >= 4 is 23.6 Å². The molecule has 190 valence electrons. The predicted molar refractivity (Wildman–Crippen MR) is 117 cm³/mol. The van der Waals surface area contributed by atoms with Crippen LogP contribution in [0, 0.1) is 13.8 Å². The van der Waals surface area contributed by atoms with Crippen LogP contribution in [0.5, 0.6) is 0 Å². The highest BCUT2D eigenvalue weighted by Crippen LogP contribution is 2.23. The van der Waals surface area contributed by atoms with Crippen LogP contribution in [0.2, 0.25) is 0 Å². The van der Waals surface area contributed by atoms with E-state index in [2.05, 4.69) is 15.7 Å². The molecule has 12 heteroatoms. The predicted octanol–water partition coefficient (Wildman–Crippen LogP) is 2.63. The van der Waals surface area contributed by atoms with E-state index in [1.54, 1.807) is 26.8 Å². The molecule has 0 aliphatic carbocycles. The van der Waals surface area contributed by atoms with Gasteiger partial charge in [0.25, 0.3) is 5.78 Å². The summed E-state index contributed by atoms with van der Waals surface area (Å²) >= 11 is 0. The summed E-state index contributed by atoms with van der Waals surface area (Å²) in [4.78, 5) is 51.8. The van der Waals surface area contributed by atoms with E-state index in [0.29, 0.717) is 30.7 Å². The summed E-state index contributed by atoms with van der Waals surface area (Å²) in [6.45, 7) is 7.09. The minimum Gasteiger partial charge on any atom is -0.344 e. The number of nitrogens with one attached hydrogen (secondary N) is 2. The fraction of sp³-hybridized carbons (Fsp3) is 0.682. The second-order valence-electron chi connectivity index (χ2n) is 8.53. The van der Waals surface area contributed by atoms with Crippen molar-refractivity contribution in [3.8, 4) is 0 Å². The van der Waals surface area contributed by atoms with Gasteiger partial charge in [-0.25, -0.2) is 4.79 Å². The van der Waals surface area contributed by atoms with E-state index in [1.165, 1.54) is 4.90 Å². The highest BCUT2D eigenvalue weighted by Gasteiger charge is 2.45. The average Bonchev–Trinajstić information content (AvgIpc) is 3.37. The molecule has 1 aliphatic rings. The molecule has 1 fully saturated rings. The number of carbonyl (C=O) groups is 4. The highest BCUT2D eigenvalue weighted by molar-refractivity contribution is 5.96. The summed E-state index contributed by atoms with van der Waals surface area (Å²) in [6, 6.07) is -2.52. The summed E-state index contributed by atoms with van der Waals surface area (Å²) in [5.41, 5.74) is 1.23. The number of hydrogen-bond acceptors (Lipinski definition) is 5. The van der Waals surface area contributed by atoms with Gasteiger partial charge in [0.2, 0.25) is 11.8 Å². The van der Waals surface area contributed by atoms with Crippen LogP contribution in [0.15, 0.2) is 6.07 Å². The van der Waals surface area contributed by atoms with Crippen LogP contribution in [-0.4, -0.2) is 69.2 Å². The molecule has 0 saturated carbocycles. The molecule has 1 aliphatic heterocycles. The third-order valence-corrected chi connectivity index (χ3v) is 5.70. The van der Waals surface area contributed by atoms with Crippen LogP contribution < -0.4 is 10.6 Å². The van der Waals surface area contributed by atoms with Gasteiger partial charge in [-0.1, -0.05) is 26.7 Å². The second kappa shape index (κ2) is 11.5. The number of halogens is 3. The summed E-state index contributed by atoms with van der Waals surface area (Å²) in [7, 11) is 0. The molecule has 0 bridgehead atoms. The Kier molecular flexibility index (Phi) is 9.22. The first kappa shape index (κ1) is 27.3. The molecule has 3 amide bonds. The smallest absolute Gasteiger partial charge is 0.344 e. The van der Waals surface area contributed by atoms with E-state index in [0.717, 1.165) is 4.68 Å². The van der Waals surface area contributed by atoms with Crippen molar-refractivity contribution in [3.05, 3.63) is 17.5 Å². The first-order valence-electron chi connectivity index (χ1n) is 11.5. The van der Waals surface area contributed by atoms with Crippen LogP contribution in [0.3, 0.4) is 0 Å². The standard InChI is InChI=1S/C22H32F3N5O4/c1-5-8-15(18(31)22(23,24)25)26-19(32)17-10-7-11-29(17)20(33)16(9-6-2)27-21(34)30-14(4)12-13(3)28-30/h12,15-17H,5-11H2,1-4H3,(H,26,32)(H,27,34)/t15-,16-,17?/m0/s1. The number of rotatable bonds is 9. The second-order valence-corrected chi connectivity index (χ2v) is 8.53. The molecule has 34 heavy (non-hydrogen) atoms. The molecule has 1 saturated heterocycles. The molecule has 1 unspecified atom stereocenters. The van der Waals surface area contributed by atoms with Crippen molar-refractivity contribution in [3.63, 3.8) is 0 Å². The van der Waals surface area contributed by atoms with E-state index in [1.807, 2.05) is 6.92 Å². The van der Waals surface area contributed by atoms with Gasteiger partial charge in [0.1, 0.15) is 12.1 Å². The molecule has 9 nitrogen and oxygen atoms in total. The van der Waals surface area contributed by atoms with E-state index in [9.17, 15) is 32.3 Å². The minimum absolute atomic E-state index is 0.165. The number of aryl methyl sites for hydroxylation is 2. The van der Waals surface area contributed by atoms with Gasteiger partial charge in [0.15, 0.2) is 0 Å². The maximum atomic E-state index is 13.3. The molecule has 2 N–H and O–H groups in total.